The predicted molar refractivity (Wildman–Crippen MR) is 109 cm³/mol. The number of hydrogen-bond acceptors (Lipinski definition) is 4. The van der Waals surface area contributed by atoms with Gasteiger partial charge in [0.25, 0.3) is 5.91 Å². The van der Waals surface area contributed by atoms with Gasteiger partial charge in [0.2, 0.25) is 0 Å². The maximum atomic E-state index is 13.5. The SMILES string of the molecule is Cn1ccc(-c2cc(C(=O)Nc3cncnc3-c3ccccc3)ccc2C(F)(F)F)n1. The summed E-state index contributed by atoms with van der Waals surface area (Å²) in [6, 6.07) is 13.8. The number of nitrogens with zero attached hydrogens (tertiary/aromatic N) is 4. The smallest absolute Gasteiger partial charge is 0.319 e. The molecule has 0 fully saturated rings. The summed E-state index contributed by atoms with van der Waals surface area (Å²) >= 11 is 0. The molecule has 0 bridgehead atoms. The standard InChI is InChI=1S/C22H16F3N5O/c1-30-10-9-18(29-30)16-11-15(7-8-17(16)22(23,24)25)21(31)28-19-12-26-13-27-20(19)14-5-3-2-4-6-14/h2-13H,1H3,(H,28,31). The van der Waals surface area contributed by atoms with Crippen molar-refractivity contribution in [2.45, 2.75) is 6.18 Å². The molecule has 31 heavy (non-hydrogen) atoms. The third kappa shape index (κ3) is 4.30. The van der Waals surface area contributed by atoms with Crippen molar-refractivity contribution in [3.63, 3.8) is 0 Å². The van der Waals surface area contributed by atoms with Crippen molar-refractivity contribution in [1.82, 2.24) is 19.7 Å². The fourth-order valence-electron chi connectivity index (χ4n) is 3.14. The van der Waals surface area contributed by atoms with Crippen LogP contribution in [-0.4, -0.2) is 25.7 Å². The van der Waals surface area contributed by atoms with Crippen LogP contribution < -0.4 is 5.32 Å². The van der Waals surface area contributed by atoms with Crippen LogP contribution in [0.3, 0.4) is 0 Å². The van der Waals surface area contributed by atoms with Crippen molar-refractivity contribution < 1.29 is 18.0 Å². The van der Waals surface area contributed by atoms with Crippen LogP contribution in [0.15, 0.2) is 73.3 Å². The van der Waals surface area contributed by atoms with Crippen LogP contribution in [0.2, 0.25) is 0 Å². The van der Waals surface area contributed by atoms with E-state index >= 15 is 0 Å². The molecule has 4 rings (SSSR count). The van der Waals surface area contributed by atoms with Crippen LogP contribution in [0.5, 0.6) is 0 Å². The largest absolute Gasteiger partial charge is 0.417 e. The molecule has 2 heterocycles. The molecular formula is C22H16F3N5O. The second-order valence-electron chi connectivity index (χ2n) is 6.74. The number of amides is 1. The molecule has 0 unspecified atom stereocenters. The van der Waals surface area contributed by atoms with Crippen LogP contribution in [-0.2, 0) is 13.2 Å². The third-order valence-electron chi connectivity index (χ3n) is 4.58. The summed E-state index contributed by atoms with van der Waals surface area (Å²) in [5.74, 6) is -0.585. The van der Waals surface area contributed by atoms with E-state index in [0.717, 1.165) is 17.7 Å². The average molecular weight is 423 g/mol. The molecule has 0 saturated carbocycles. The van der Waals surface area contributed by atoms with E-state index in [2.05, 4.69) is 20.4 Å². The zero-order valence-electron chi connectivity index (χ0n) is 16.3. The maximum absolute atomic E-state index is 13.5. The van der Waals surface area contributed by atoms with Crippen molar-refractivity contribution in [2.24, 2.45) is 7.05 Å². The van der Waals surface area contributed by atoms with Gasteiger partial charge in [-0.25, -0.2) is 9.97 Å². The Kier molecular flexibility index (Phi) is 5.24. The fourth-order valence-corrected chi connectivity index (χ4v) is 3.14. The molecule has 1 amide bonds. The van der Waals surface area contributed by atoms with Gasteiger partial charge in [0.15, 0.2) is 0 Å². The Labute approximate surface area is 175 Å². The Morgan fingerprint density at radius 2 is 1.84 bits per heavy atom. The van der Waals surface area contributed by atoms with Crippen molar-refractivity contribution in [1.29, 1.82) is 0 Å². The molecule has 4 aromatic rings. The Balaban J connectivity index is 1.71. The van der Waals surface area contributed by atoms with Gasteiger partial charge >= 0.3 is 6.18 Å². The van der Waals surface area contributed by atoms with Gasteiger partial charge in [-0.2, -0.15) is 18.3 Å². The van der Waals surface area contributed by atoms with Crippen molar-refractivity contribution >= 4 is 11.6 Å². The van der Waals surface area contributed by atoms with Crippen LogP contribution in [0.1, 0.15) is 15.9 Å². The Hall–Kier alpha value is -4.01. The number of rotatable bonds is 4. The van der Waals surface area contributed by atoms with E-state index in [1.54, 1.807) is 7.05 Å². The second kappa shape index (κ2) is 8.02. The van der Waals surface area contributed by atoms with Gasteiger partial charge < -0.3 is 5.32 Å². The summed E-state index contributed by atoms with van der Waals surface area (Å²) in [6.07, 6.45) is -0.252. The zero-order chi connectivity index (χ0) is 22.0. The van der Waals surface area contributed by atoms with Gasteiger partial charge in [-0.15, -0.1) is 0 Å². The lowest BCUT2D eigenvalue weighted by Crippen LogP contribution is -2.15. The molecule has 0 atom stereocenters. The summed E-state index contributed by atoms with van der Waals surface area (Å²) in [7, 11) is 1.60. The van der Waals surface area contributed by atoms with E-state index in [9.17, 15) is 18.0 Å². The average Bonchev–Trinajstić information content (AvgIpc) is 3.20. The number of halogens is 3. The molecule has 2 aromatic heterocycles. The van der Waals surface area contributed by atoms with Crippen LogP contribution in [0, 0.1) is 0 Å². The van der Waals surface area contributed by atoms with E-state index in [1.807, 2.05) is 30.3 Å². The number of nitrogens with one attached hydrogen (secondary N) is 1. The van der Waals surface area contributed by atoms with Crippen LogP contribution >= 0.6 is 0 Å². The first-order valence-electron chi connectivity index (χ1n) is 9.21. The quantitative estimate of drug-likeness (QED) is 0.511. The molecular weight excluding hydrogens is 407 g/mol. The Morgan fingerprint density at radius 3 is 2.52 bits per heavy atom. The molecule has 156 valence electrons. The van der Waals surface area contributed by atoms with E-state index in [-0.39, 0.29) is 16.8 Å². The van der Waals surface area contributed by atoms with Gasteiger partial charge in [-0.05, 0) is 24.3 Å². The first kappa shape index (κ1) is 20.3. The predicted octanol–water partition coefficient (Wildman–Crippen LogP) is 4.82. The molecule has 0 aliphatic heterocycles. The minimum absolute atomic E-state index is 0.0523. The number of alkyl halides is 3. The number of benzene rings is 2. The Bertz CT molecular complexity index is 1240. The summed E-state index contributed by atoms with van der Waals surface area (Å²) in [5, 5.41) is 6.75. The van der Waals surface area contributed by atoms with E-state index in [0.29, 0.717) is 11.4 Å². The molecule has 6 nitrogen and oxygen atoms in total. The van der Waals surface area contributed by atoms with Crippen LogP contribution in [0.25, 0.3) is 22.5 Å². The highest BCUT2D eigenvalue weighted by Crippen LogP contribution is 2.37. The first-order valence-corrected chi connectivity index (χ1v) is 9.21. The minimum Gasteiger partial charge on any atom is -0.319 e. The number of aryl methyl sites for hydroxylation is 1. The zero-order valence-corrected chi connectivity index (χ0v) is 16.3. The molecule has 0 saturated heterocycles. The molecule has 2 aromatic carbocycles. The number of anilines is 1. The summed E-state index contributed by atoms with van der Waals surface area (Å²) in [6.45, 7) is 0. The number of hydrogen-bond donors (Lipinski definition) is 1. The lowest BCUT2D eigenvalue weighted by molar-refractivity contribution is -0.137. The monoisotopic (exact) mass is 423 g/mol. The highest BCUT2D eigenvalue weighted by Gasteiger charge is 2.34. The van der Waals surface area contributed by atoms with E-state index in [4.69, 9.17) is 0 Å². The topological polar surface area (TPSA) is 72.7 Å². The first-order chi connectivity index (χ1) is 14.8. The molecule has 1 N–H and O–H groups in total. The minimum atomic E-state index is -4.59. The van der Waals surface area contributed by atoms with Crippen LogP contribution in [0.4, 0.5) is 18.9 Å². The Morgan fingerprint density at radius 1 is 1.06 bits per heavy atom. The van der Waals surface area contributed by atoms with Gasteiger partial charge in [-0.1, -0.05) is 30.3 Å². The highest BCUT2D eigenvalue weighted by molar-refractivity contribution is 6.06. The van der Waals surface area contributed by atoms with Gasteiger partial charge in [0, 0.05) is 29.9 Å². The normalized spacial score (nSPS) is 11.4. The molecule has 0 aliphatic carbocycles. The van der Waals surface area contributed by atoms with E-state index < -0.39 is 17.6 Å². The van der Waals surface area contributed by atoms with Gasteiger partial charge in [-0.3, -0.25) is 9.48 Å². The van der Waals surface area contributed by atoms with Gasteiger partial charge in [0.05, 0.1) is 28.8 Å². The fraction of sp³-hybridized carbons (Fsp3) is 0.0909. The maximum Gasteiger partial charge on any atom is 0.417 e. The summed E-state index contributed by atoms with van der Waals surface area (Å²) < 4.78 is 41.9. The second-order valence-corrected chi connectivity index (χ2v) is 6.74. The molecule has 0 radical (unpaired) electrons. The lowest BCUT2D eigenvalue weighted by atomic mass is 10.0. The third-order valence-corrected chi connectivity index (χ3v) is 4.58. The molecule has 9 heteroatoms. The van der Waals surface area contributed by atoms with Crippen molar-refractivity contribution in [2.75, 3.05) is 5.32 Å². The van der Waals surface area contributed by atoms with Crippen molar-refractivity contribution in [3.8, 4) is 22.5 Å². The highest BCUT2D eigenvalue weighted by atomic mass is 19.4. The van der Waals surface area contributed by atoms with E-state index in [1.165, 1.54) is 35.5 Å². The van der Waals surface area contributed by atoms with Crippen molar-refractivity contribution in [3.05, 3.63) is 84.4 Å². The summed E-state index contributed by atoms with van der Waals surface area (Å²) in [5.41, 5.74) is 0.749. The molecule has 0 spiro atoms. The number of carbonyl (C=O) groups is 1. The lowest BCUT2D eigenvalue weighted by Gasteiger charge is -2.14. The van der Waals surface area contributed by atoms with Gasteiger partial charge in [0.1, 0.15) is 6.33 Å². The number of aromatic nitrogens is 4. The summed E-state index contributed by atoms with van der Waals surface area (Å²) in [4.78, 5) is 21.0. The number of carbonyl (C=O) groups excluding carboxylic acids is 1. The molecule has 0 aliphatic rings.